The van der Waals surface area contributed by atoms with Gasteiger partial charge in [0, 0.05) is 30.4 Å². The Hall–Kier alpha value is -1.09. The molecule has 1 fully saturated rings. The van der Waals surface area contributed by atoms with Gasteiger partial charge in [-0.15, -0.1) is 0 Å². The molecule has 0 unspecified atom stereocenters. The van der Waals surface area contributed by atoms with Crippen LogP contribution >= 0.6 is 0 Å². The first-order valence-electron chi connectivity index (χ1n) is 6.30. The van der Waals surface area contributed by atoms with Gasteiger partial charge in [-0.25, -0.2) is 0 Å². The average Bonchev–Trinajstić information content (AvgIpc) is 2.96. The number of Topliss-reactive ketones (excluding diaryl/α,β-unsaturated/α-hetero) is 1. The molecule has 3 heteroatoms. The molecule has 0 aromatic carbocycles. The van der Waals surface area contributed by atoms with Crippen LogP contribution in [-0.4, -0.2) is 22.6 Å². The van der Waals surface area contributed by atoms with Crippen molar-refractivity contribution in [3.8, 4) is 0 Å². The third kappa shape index (κ3) is 3.70. The van der Waals surface area contributed by atoms with Crippen LogP contribution in [0.25, 0.3) is 0 Å². The second-order valence-electron chi connectivity index (χ2n) is 5.74. The summed E-state index contributed by atoms with van der Waals surface area (Å²) in [5.41, 5.74) is 0.753. The fourth-order valence-corrected chi connectivity index (χ4v) is 1.76. The second kappa shape index (κ2) is 4.65. The van der Waals surface area contributed by atoms with Gasteiger partial charge < -0.3 is 9.30 Å². The minimum atomic E-state index is -0.0974. The number of ether oxygens (including phenoxy) is 1. The first-order chi connectivity index (χ1) is 7.96. The monoisotopic (exact) mass is 235 g/mol. The summed E-state index contributed by atoms with van der Waals surface area (Å²) >= 11 is 0. The lowest BCUT2D eigenvalue weighted by Gasteiger charge is -2.19. The Morgan fingerprint density at radius 3 is 2.76 bits per heavy atom. The number of rotatable bonds is 5. The van der Waals surface area contributed by atoms with Crippen LogP contribution in [0.4, 0.5) is 0 Å². The highest BCUT2D eigenvalue weighted by atomic mass is 16.5. The van der Waals surface area contributed by atoms with Crippen molar-refractivity contribution in [3.63, 3.8) is 0 Å². The molecule has 2 rings (SSSR count). The normalized spacial score (nSPS) is 16.2. The number of nitrogens with zero attached hydrogens (tertiary/aromatic N) is 1. The Morgan fingerprint density at radius 1 is 1.47 bits per heavy atom. The van der Waals surface area contributed by atoms with E-state index in [1.807, 2.05) is 43.8 Å². The maximum absolute atomic E-state index is 11.8. The van der Waals surface area contributed by atoms with Crippen molar-refractivity contribution in [3.05, 3.63) is 24.0 Å². The van der Waals surface area contributed by atoms with Crippen LogP contribution in [0.1, 0.15) is 44.0 Å². The highest BCUT2D eigenvalue weighted by molar-refractivity contribution is 5.99. The van der Waals surface area contributed by atoms with Gasteiger partial charge in [-0.1, -0.05) is 0 Å². The number of aromatic nitrogens is 1. The lowest BCUT2D eigenvalue weighted by Crippen LogP contribution is -2.21. The predicted octanol–water partition coefficient (Wildman–Crippen LogP) is 2.90. The number of carbonyl (C=O) groups is 1. The van der Waals surface area contributed by atoms with Crippen molar-refractivity contribution in [2.45, 2.75) is 45.8 Å². The Morgan fingerprint density at radius 2 is 2.18 bits per heavy atom. The van der Waals surface area contributed by atoms with Gasteiger partial charge in [0.2, 0.25) is 0 Å². The molecular formula is C14H21NO2. The van der Waals surface area contributed by atoms with Crippen LogP contribution in [0, 0.1) is 5.92 Å². The van der Waals surface area contributed by atoms with E-state index in [0.717, 1.165) is 24.9 Å². The van der Waals surface area contributed by atoms with E-state index in [-0.39, 0.29) is 5.60 Å². The van der Waals surface area contributed by atoms with Gasteiger partial charge in [0.15, 0.2) is 5.78 Å². The molecule has 1 aromatic heterocycles. The zero-order valence-corrected chi connectivity index (χ0v) is 10.9. The fraction of sp³-hybridized carbons (Fsp3) is 0.643. The number of carbonyl (C=O) groups excluding carboxylic acids is 1. The van der Waals surface area contributed by atoms with Crippen LogP contribution in [0.5, 0.6) is 0 Å². The van der Waals surface area contributed by atoms with Gasteiger partial charge in [0.1, 0.15) is 0 Å². The minimum absolute atomic E-state index is 0.0974. The third-order valence-corrected chi connectivity index (χ3v) is 2.87. The summed E-state index contributed by atoms with van der Waals surface area (Å²) in [5.74, 6) is 0.608. The molecule has 1 saturated carbocycles. The topological polar surface area (TPSA) is 31.2 Å². The van der Waals surface area contributed by atoms with Crippen LogP contribution in [0.15, 0.2) is 18.5 Å². The van der Waals surface area contributed by atoms with Gasteiger partial charge in [-0.2, -0.15) is 0 Å². The molecule has 0 amide bonds. The average molecular weight is 235 g/mol. The van der Waals surface area contributed by atoms with Crippen molar-refractivity contribution in [1.29, 1.82) is 0 Å². The van der Waals surface area contributed by atoms with E-state index in [1.165, 1.54) is 0 Å². The summed E-state index contributed by atoms with van der Waals surface area (Å²) in [5, 5.41) is 0. The summed E-state index contributed by atoms with van der Waals surface area (Å²) < 4.78 is 7.69. The zero-order chi connectivity index (χ0) is 12.5. The van der Waals surface area contributed by atoms with E-state index in [9.17, 15) is 4.79 Å². The smallest absolute Gasteiger partial charge is 0.167 e. The summed E-state index contributed by atoms with van der Waals surface area (Å²) in [7, 11) is 0. The highest BCUT2D eigenvalue weighted by Gasteiger charge is 2.30. The summed E-state index contributed by atoms with van der Waals surface area (Å²) in [6, 6.07) is 1.91. The standard InChI is InChI=1S/C14H21NO2/c1-14(2,3)17-9-8-15-7-6-12(10-15)13(16)11-4-5-11/h6-7,10-11H,4-5,8-9H2,1-3H3. The predicted molar refractivity (Wildman–Crippen MR) is 67.2 cm³/mol. The van der Waals surface area contributed by atoms with Gasteiger partial charge in [0.25, 0.3) is 0 Å². The van der Waals surface area contributed by atoms with Crippen molar-refractivity contribution in [2.75, 3.05) is 6.61 Å². The Balaban J connectivity index is 1.83. The lowest BCUT2D eigenvalue weighted by molar-refractivity contribution is -0.00680. The molecule has 0 N–H and O–H groups in total. The molecule has 1 aromatic rings. The van der Waals surface area contributed by atoms with Gasteiger partial charge in [0.05, 0.1) is 12.2 Å². The molecular weight excluding hydrogens is 214 g/mol. The van der Waals surface area contributed by atoms with Crippen LogP contribution in [0.3, 0.4) is 0 Å². The molecule has 3 nitrogen and oxygen atoms in total. The SMILES string of the molecule is CC(C)(C)OCCn1ccc(C(=O)C2CC2)c1. The molecule has 0 radical (unpaired) electrons. The molecule has 0 atom stereocenters. The molecule has 1 heterocycles. The molecule has 1 aliphatic carbocycles. The van der Waals surface area contributed by atoms with Crippen molar-refractivity contribution in [1.82, 2.24) is 4.57 Å². The molecule has 0 saturated heterocycles. The van der Waals surface area contributed by atoms with E-state index >= 15 is 0 Å². The van der Waals surface area contributed by atoms with Crippen molar-refractivity contribution < 1.29 is 9.53 Å². The summed E-state index contributed by atoms with van der Waals surface area (Å²) in [6.45, 7) is 7.62. The largest absolute Gasteiger partial charge is 0.374 e. The molecule has 94 valence electrons. The molecule has 17 heavy (non-hydrogen) atoms. The Labute approximate surface area is 103 Å². The van der Waals surface area contributed by atoms with Crippen molar-refractivity contribution >= 4 is 5.78 Å². The van der Waals surface area contributed by atoms with Crippen LogP contribution < -0.4 is 0 Å². The fourth-order valence-electron chi connectivity index (χ4n) is 1.76. The first kappa shape index (κ1) is 12.4. The number of hydrogen-bond acceptors (Lipinski definition) is 2. The van der Waals surface area contributed by atoms with Gasteiger partial charge in [-0.05, 0) is 39.7 Å². The number of hydrogen-bond donors (Lipinski definition) is 0. The molecule has 0 aliphatic heterocycles. The summed E-state index contributed by atoms with van der Waals surface area (Å²) in [4.78, 5) is 11.8. The van der Waals surface area contributed by atoms with Crippen molar-refractivity contribution in [2.24, 2.45) is 5.92 Å². The Bertz CT molecular complexity index is 397. The maximum Gasteiger partial charge on any atom is 0.167 e. The van der Waals surface area contributed by atoms with E-state index in [4.69, 9.17) is 4.74 Å². The van der Waals surface area contributed by atoms with Crippen LogP contribution in [-0.2, 0) is 11.3 Å². The molecule has 1 aliphatic rings. The minimum Gasteiger partial charge on any atom is -0.374 e. The molecule has 0 spiro atoms. The van der Waals surface area contributed by atoms with E-state index < -0.39 is 0 Å². The quantitative estimate of drug-likeness (QED) is 0.735. The zero-order valence-electron chi connectivity index (χ0n) is 10.9. The second-order valence-corrected chi connectivity index (χ2v) is 5.74. The third-order valence-electron chi connectivity index (χ3n) is 2.87. The van der Waals surface area contributed by atoms with E-state index in [2.05, 4.69) is 0 Å². The first-order valence-corrected chi connectivity index (χ1v) is 6.30. The van der Waals surface area contributed by atoms with Gasteiger partial charge in [-0.3, -0.25) is 4.79 Å². The number of ketones is 1. The molecule has 0 bridgehead atoms. The maximum atomic E-state index is 11.8. The summed E-state index contributed by atoms with van der Waals surface area (Å²) in [6.07, 6.45) is 6.03. The van der Waals surface area contributed by atoms with E-state index in [1.54, 1.807) is 0 Å². The van der Waals surface area contributed by atoms with E-state index in [0.29, 0.717) is 18.3 Å². The Kier molecular flexibility index (Phi) is 3.38. The lowest BCUT2D eigenvalue weighted by atomic mass is 10.1. The van der Waals surface area contributed by atoms with Gasteiger partial charge >= 0.3 is 0 Å². The van der Waals surface area contributed by atoms with Crippen LogP contribution in [0.2, 0.25) is 0 Å². The highest BCUT2D eigenvalue weighted by Crippen LogP contribution is 2.32.